The van der Waals surface area contributed by atoms with Crippen molar-refractivity contribution in [1.29, 1.82) is 0 Å². The van der Waals surface area contributed by atoms with Crippen LogP contribution in [0.3, 0.4) is 0 Å². The van der Waals surface area contributed by atoms with Gasteiger partial charge in [0.05, 0.1) is 12.2 Å². The lowest BCUT2D eigenvalue weighted by Gasteiger charge is -2.19. The number of aliphatic hydroxyl groups excluding tert-OH is 1. The zero-order chi connectivity index (χ0) is 13.5. The maximum Gasteiger partial charge on any atom is 0.354 e. The van der Waals surface area contributed by atoms with Crippen molar-refractivity contribution in [3.05, 3.63) is 42.2 Å². The molecule has 0 spiro atoms. The molecular weight excluding hydrogens is 236 g/mol. The van der Waals surface area contributed by atoms with Gasteiger partial charge in [-0.2, -0.15) is 0 Å². The average Bonchev–Trinajstić information content (AvgIpc) is 2.38. The van der Waals surface area contributed by atoms with Gasteiger partial charge in [-0.25, -0.2) is 9.78 Å². The number of aromatic carboxylic acids is 1. The molecule has 0 saturated heterocycles. The van der Waals surface area contributed by atoms with Crippen molar-refractivity contribution >= 4 is 11.9 Å². The Labute approximate surface area is 104 Å². The lowest BCUT2D eigenvalue weighted by molar-refractivity contribution is 0.0687. The Kier molecular flexibility index (Phi) is 5.01. The van der Waals surface area contributed by atoms with E-state index in [4.69, 9.17) is 10.2 Å². The minimum atomic E-state index is -1.15. The Morgan fingerprint density at radius 1 is 1.44 bits per heavy atom. The normalized spacial score (nSPS) is 9.83. The summed E-state index contributed by atoms with van der Waals surface area (Å²) in [5.41, 5.74) is 0.152. The molecule has 0 saturated carbocycles. The lowest BCUT2D eigenvalue weighted by atomic mass is 10.2. The van der Waals surface area contributed by atoms with Gasteiger partial charge < -0.3 is 15.1 Å². The first kappa shape index (κ1) is 13.9. The molecule has 1 aromatic heterocycles. The van der Waals surface area contributed by atoms with Crippen molar-refractivity contribution in [2.45, 2.75) is 0 Å². The summed E-state index contributed by atoms with van der Waals surface area (Å²) >= 11 is 0. The highest BCUT2D eigenvalue weighted by Crippen LogP contribution is 2.05. The predicted molar refractivity (Wildman–Crippen MR) is 64.4 cm³/mol. The van der Waals surface area contributed by atoms with Gasteiger partial charge in [-0.15, -0.1) is 6.58 Å². The van der Waals surface area contributed by atoms with E-state index in [1.54, 1.807) is 6.08 Å². The van der Waals surface area contributed by atoms with E-state index in [-0.39, 0.29) is 30.3 Å². The molecule has 1 aromatic rings. The second-order valence-electron chi connectivity index (χ2n) is 3.50. The van der Waals surface area contributed by atoms with E-state index in [1.807, 2.05) is 0 Å². The summed E-state index contributed by atoms with van der Waals surface area (Å²) in [5.74, 6) is -1.47. The molecule has 18 heavy (non-hydrogen) atoms. The lowest BCUT2D eigenvalue weighted by Crippen LogP contribution is -2.33. The van der Waals surface area contributed by atoms with Gasteiger partial charge in [0.25, 0.3) is 5.91 Å². The molecule has 2 N–H and O–H groups in total. The molecule has 6 nitrogen and oxygen atoms in total. The number of nitrogens with zero attached hydrogens (tertiary/aromatic N) is 2. The van der Waals surface area contributed by atoms with E-state index in [9.17, 15) is 9.59 Å². The molecule has 0 aliphatic heterocycles. The molecule has 0 fully saturated rings. The van der Waals surface area contributed by atoms with Crippen LogP contribution in [0.4, 0.5) is 0 Å². The summed E-state index contributed by atoms with van der Waals surface area (Å²) in [6.07, 6.45) is 2.76. The molecule has 6 heteroatoms. The SMILES string of the molecule is C=CCN(CCO)C(=O)c1ccc(C(=O)O)nc1. The molecule has 0 bridgehead atoms. The summed E-state index contributed by atoms with van der Waals surface area (Å²) in [5, 5.41) is 17.5. The van der Waals surface area contributed by atoms with Crippen LogP contribution in [0.15, 0.2) is 31.0 Å². The van der Waals surface area contributed by atoms with Gasteiger partial charge in [-0.05, 0) is 12.1 Å². The largest absolute Gasteiger partial charge is 0.477 e. The number of rotatable bonds is 6. The minimum Gasteiger partial charge on any atom is -0.477 e. The summed E-state index contributed by atoms with van der Waals surface area (Å²) in [6, 6.07) is 2.66. The standard InChI is InChI=1S/C12H14N2O4/c1-2-5-14(6-7-15)11(16)9-3-4-10(12(17)18)13-8-9/h2-4,8,15H,1,5-7H2,(H,17,18). The van der Waals surface area contributed by atoms with Crippen molar-refractivity contribution in [1.82, 2.24) is 9.88 Å². The van der Waals surface area contributed by atoms with E-state index < -0.39 is 5.97 Å². The fourth-order valence-electron chi connectivity index (χ4n) is 1.38. The number of aromatic nitrogens is 1. The Hall–Kier alpha value is -2.21. The summed E-state index contributed by atoms with van der Waals surface area (Å²) in [6.45, 7) is 3.87. The van der Waals surface area contributed by atoms with Crippen LogP contribution in [0.5, 0.6) is 0 Å². The molecule has 0 aromatic carbocycles. The number of carbonyl (C=O) groups is 2. The van der Waals surface area contributed by atoms with Gasteiger partial charge in [0, 0.05) is 19.3 Å². The molecule has 0 unspecified atom stereocenters. The van der Waals surface area contributed by atoms with Gasteiger partial charge in [0.15, 0.2) is 0 Å². The van der Waals surface area contributed by atoms with E-state index in [0.29, 0.717) is 6.54 Å². The van der Waals surface area contributed by atoms with Crippen LogP contribution in [0.2, 0.25) is 0 Å². The van der Waals surface area contributed by atoms with Crippen molar-refractivity contribution < 1.29 is 19.8 Å². The predicted octanol–water partition coefficient (Wildman–Crippen LogP) is 0.400. The maximum atomic E-state index is 12.0. The topological polar surface area (TPSA) is 90.7 Å². The first-order valence-electron chi connectivity index (χ1n) is 5.30. The Morgan fingerprint density at radius 3 is 2.61 bits per heavy atom. The number of hydrogen-bond acceptors (Lipinski definition) is 4. The summed E-state index contributed by atoms with van der Waals surface area (Å²) < 4.78 is 0. The summed E-state index contributed by atoms with van der Waals surface area (Å²) in [4.78, 5) is 27.7. The van der Waals surface area contributed by atoms with Crippen LogP contribution in [0.25, 0.3) is 0 Å². The number of pyridine rings is 1. The van der Waals surface area contributed by atoms with Crippen molar-refractivity contribution in [3.63, 3.8) is 0 Å². The first-order chi connectivity index (χ1) is 8.60. The highest BCUT2D eigenvalue weighted by Gasteiger charge is 2.15. The van der Waals surface area contributed by atoms with Gasteiger partial charge in [-0.3, -0.25) is 4.79 Å². The van der Waals surface area contributed by atoms with Gasteiger partial charge in [-0.1, -0.05) is 6.08 Å². The Balaban J connectivity index is 2.87. The van der Waals surface area contributed by atoms with E-state index in [1.165, 1.54) is 23.2 Å². The number of carboxylic acids is 1. The van der Waals surface area contributed by atoms with Crippen molar-refractivity contribution in [2.75, 3.05) is 19.7 Å². The maximum absolute atomic E-state index is 12.0. The minimum absolute atomic E-state index is 0.121. The first-order valence-corrected chi connectivity index (χ1v) is 5.30. The quantitative estimate of drug-likeness (QED) is 0.713. The van der Waals surface area contributed by atoms with Crippen LogP contribution in [-0.2, 0) is 0 Å². The molecule has 1 amide bonds. The van der Waals surface area contributed by atoms with Crippen LogP contribution in [-0.4, -0.2) is 51.7 Å². The molecular formula is C12H14N2O4. The van der Waals surface area contributed by atoms with E-state index in [2.05, 4.69) is 11.6 Å². The van der Waals surface area contributed by atoms with Gasteiger partial charge in [0.1, 0.15) is 5.69 Å². The average molecular weight is 250 g/mol. The smallest absolute Gasteiger partial charge is 0.354 e. The fraction of sp³-hybridized carbons (Fsp3) is 0.250. The molecule has 0 aliphatic rings. The molecule has 1 heterocycles. The summed E-state index contributed by atoms with van der Waals surface area (Å²) in [7, 11) is 0. The third-order valence-corrected chi connectivity index (χ3v) is 2.24. The third kappa shape index (κ3) is 3.39. The van der Waals surface area contributed by atoms with Gasteiger partial charge in [0.2, 0.25) is 0 Å². The fourth-order valence-corrected chi connectivity index (χ4v) is 1.38. The van der Waals surface area contributed by atoms with Crippen LogP contribution in [0, 0.1) is 0 Å². The number of aliphatic hydroxyl groups is 1. The molecule has 0 aliphatic carbocycles. The van der Waals surface area contributed by atoms with E-state index in [0.717, 1.165) is 0 Å². The Bertz CT molecular complexity index is 442. The van der Waals surface area contributed by atoms with Gasteiger partial charge >= 0.3 is 5.97 Å². The molecule has 0 radical (unpaired) electrons. The van der Waals surface area contributed by atoms with Crippen LogP contribution >= 0.6 is 0 Å². The molecule has 96 valence electrons. The van der Waals surface area contributed by atoms with Crippen molar-refractivity contribution in [3.8, 4) is 0 Å². The molecule has 0 atom stereocenters. The highest BCUT2D eigenvalue weighted by molar-refractivity contribution is 5.95. The monoisotopic (exact) mass is 250 g/mol. The number of carboxylic acid groups (broad SMARTS) is 1. The number of amides is 1. The highest BCUT2D eigenvalue weighted by atomic mass is 16.4. The second kappa shape index (κ2) is 6.51. The van der Waals surface area contributed by atoms with Crippen molar-refractivity contribution in [2.24, 2.45) is 0 Å². The third-order valence-electron chi connectivity index (χ3n) is 2.24. The van der Waals surface area contributed by atoms with E-state index >= 15 is 0 Å². The Morgan fingerprint density at radius 2 is 2.17 bits per heavy atom. The van der Waals surface area contributed by atoms with Crippen LogP contribution in [0.1, 0.15) is 20.8 Å². The number of carbonyl (C=O) groups excluding carboxylic acids is 1. The number of hydrogen-bond donors (Lipinski definition) is 2. The van der Waals surface area contributed by atoms with Crippen LogP contribution < -0.4 is 0 Å². The molecule has 1 rings (SSSR count). The zero-order valence-electron chi connectivity index (χ0n) is 9.74. The second-order valence-corrected chi connectivity index (χ2v) is 3.50. The zero-order valence-corrected chi connectivity index (χ0v) is 9.74.